The molecule has 0 aromatic heterocycles. The molecule has 0 amide bonds. The van der Waals surface area contributed by atoms with Crippen molar-refractivity contribution in [3.8, 4) is 0 Å². The van der Waals surface area contributed by atoms with E-state index in [-0.39, 0.29) is 0 Å². The van der Waals surface area contributed by atoms with Crippen molar-refractivity contribution in [1.82, 2.24) is 15.3 Å². The van der Waals surface area contributed by atoms with Gasteiger partial charge in [0.25, 0.3) is 0 Å². The highest BCUT2D eigenvalue weighted by atomic mass is 15.7. The van der Waals surface area contributed by atoms with Crippen LogP contribution in [0.15, 0.2) is 0 Å². The minimum absolute atomic E-state index is 0.994. The van der Waals surface area contributed by atoms with Crippen LogP contribution in [0.2, 0.25) is 0 Å². The third-order valence-corrected chi connectivity index (χ3v) is 1.94. The van der Waals surface area contributed by atoms with Crippen molar-refractivity contribution in [2.75, 3.05) is 33.4 Å². The second-order valence-electron chi connectivity index (χ2n) is 2.64. The molecule has 60 valence electrons. The molecule has 1 N–H and O–H groups in total. The lowest BCUT2D eigenvalue weighted by Crippen LogP contribution is -2.41. The highest BCUT2D eigenvalue weighted by Gasteiger charge is 2.18. The van der Waals surface area contributed by atoms with Crippen LogP contribution in [-0.2, 0) is 0 Å². The Morgan fingerprint density at radius 1 is 1.30 bits per heavy atom. The smallest absolute Gasteiger partial charge is 0.0620 e. The molecule has 1 rings (SSSR count). The first-order valence-electron chi connectivity index (χ1n) is 4.03. The van der Waals surface area contributed by atoms with Crippen molar-refractivity contribution < 1.29 is 0 Å². The number of hydrazine groups is 1. The van der Waals surface area contributed by atoms with Crippen LogP contribution in [0.1, 0.15) is 13.3 Å². The number of hydrogen-bond acceptors (Lipinski definition) is 3. The Balaban J connectivity index is 2.27. The van der Waals surface area contributed by atoms with Gasteiger partial charge in [-0.25, -0.2) is 10.0 Å². The molecule has 3 heteroatoms. The van der Waals surface area contributed by atoms with Gasteiger partial charge in [-0.2, -0.15) is 0 Å². The molecule has 0 atom stereocenters. The fraction of sp³-hybridized carbons (Fsp3) is 1.00. The van der Waals surface area contributed by atoms with Crippen LogP contribution in [0.5, 0.6) is 0 Å². The number of rotatable bonds is 3. The second kappa shape index (κ2) is 3.91. The first-order chi connectivity index (χ1) is 4.88. The summed E-state index contributed by atoms with van der Waals surface area (Å²) in [5.74, 6) is 0. The third kappa shape index (κ3) is 1.68. The molecule has 3 nitrogen and oxygen atoms in total. The van der Waals surface area contributed by atoms with E-state index in [4.69, 9.17) is 0 Å². The third-order valence-electron chi connectivity index (χ3n) is 1.94. The fourth-order valence-electron chi connectivity index (χ4n) is 1.44. The average Bonchev–Trinajstić information content (AvgIpc) is 2.36. The Morgan fingerprint density at radius 2 is 2.00 bits per heavy atom. The summed E-state index contributed by atoms with van der Waals surface area (Å²) in [7, 11) is 1.99. The maximum Gasteiger partial charge on any atom is 0.0620 e. The van der Waals surface area contributed by atoms with Gasteiger partial charge in [-0.05, 0) is 13.5 Å². The van der Waals surface area contributed by atoms with Gasteiger partial charge in [-0.3, -0.25) is 0 Å². The minimum atomic E-state index is 0.994. The Kier molecular flexibility index (Phi) is 3.12. The van der Waals surface area contributed by atoms with E-state index in [2.05, 4.69) is 22.3 Å². The molecule has 0 aliphatic carbocycles. The largest absolute Gasteiger partial charge is 0.306 e. The first-order valence-corrected chi connectivity index (χ1v) is 4.03. The highest BCUT2D eigenvalue weighted by molar-refractivity contribution is 4.64. The lowest BCUT2D eigenvalue weighted by molar-refractivity contribution is 0.0271. The molecule has 0 aromatic rings. The molecule has 0 radical (unpaired) electrons. The molecule has 1 aliphatic rings. The first kappa shape index (κ1) is 7.98. The molecule has 0 spiro atoms. The van der Waals surface area contributed by atoms with Gasteiger partial charge in [0.2, 0.25) is 0 Å². The van der Waals surface area contributed by atoms with E-state index in [0.717, 1.165) is 13.2 Å². The topological polar surface area (TPSA) is 18.5 Å². The van der Waals surface area contributed by atoms with E-state index < -0.39 is 0 Å². The van der Waals surface area contributed by atoms with Crippen LogP contribution in [0.3, 0.4) is 0 Å². The van der Waals surface area contributed by atoms with Gasteiger partial charge in [0.15, 0.2) is 0 Å². The maximum atomic E-state index is 3.16. The molecule has 10 heavy (non-hydrogen) atoms. The zero-order valence-corrected chi connectivity index (χ0v) is 6.93. The zero-order valence-electron chi connectivity index (χ0n) is 6.93. The summed E-state index contributed by atoms with van der Waals surface area (Å²) < 4.78 is 0. The SMILES string of the molecule is CCN1CCCN1CNC. The predicted molar refractivity (Wildman–Crippen MR) is 42.5 cm³/mol. The Labute approximate surface area is 63.0 Å². The van der Waals surface area contributed by atoms with Crippen molar-refractivity contribution in [3.05, 3.63) is 0 Å². The maximum absolute atomic E-state index is 3.16. The molecule has 1 fully saturated rings. The quantitative estimate of drug-likeness (QED) is 0.605. The van der Waals surface area contributed by atoms with E-state index in [9.17, 15) is 0 Å². The highest BCUT2D eigenvalue weighted by Crippen LogP contribution is 2.07. The molecule has 0 bridgehead atoms. The predicted octanol–water partition coefficient (Wildman–Crippen LogP) is 0.106. The van der Waals surface area contributed by atoms with Crippen LogP contribution in [0.4, 0.5) is 0 Å². The van der Waals surface area contributed by atoms with Crippen molar-refractivity contribution in [1.29, 1.82) is 0 Å². The van der Waals surface area contributed by atoms with Crippen LogP contribution >= 0.6 is 0 Å². The van der Waals surface area contributed by atoms with Gasteiger partial charge in [-0.1, -0.05) is 6.92 Å². The Bertz CT molecular complexity index is 94.9. The van der Waals surface area contributed by atoms with Crippen molar-refractivity contribution in [2.45, 2.75) is 13.3 Å². The van der Waals surface area contributed by atoms with Gasteiger partial charge >= 0.3 is 0 Å². The van der Waals surface area contributed by atoms with Crippen LogP contribution in [-0.4, -0.2) is 43.4 Å². The molecule has 1 saturated heterocycles. The van der Waals surface area contributed by atoms with E-state index in [1.807, 2.05) is 7.05 Å². The van der Waals surface area contributed by atoms with E-state index >= 15 is 0 Å². The van der Waals surface area contributed by atoms with Crippen LogP contribution in [0, 0.1) is 0 Å². The van der Waals surface area contributed by atoms with Crippen molar-refractivity contribution >= 4 is 0 Å². The van der Waals surface area contributed by atoms with Gasteiger partial charge in [0.1, 0.15) is 0 Å². The molecule has 1 aliphatic heterocycles. The van der Waals surface area contributed by atoms with E-state index in [1.165, 1.54) is 19.5 Å². The van der Waals surface area contributed by atoms with Crippen molar-refractivity contribution in [3.63, 3.8) is 0 Å². The molecule has 0 saturated carbocycles. The monoisotopic (exact) mass is 143 g/mol. The summed E-state index contributed by atoms with van der Waals surface area (Å²) in [5, 5.41) is 7.90. The van der Waals surface area contributed by atoms with Crippen LogP contribution in [0.25, 0.3) is 0 Å². The fourth-order valence-corrected chi connectivity index (χ4v) is 1.44. The second-order valence-corrected chi connectivity index (χ2v) is 2.64. The molecule has 1 heterocycles. The zero-order chi connectivity index (χ0) is 7.40. The Hall–Kier alpha value is -0.120. The summed E-state index contributed by atoms with van der Waals surface area (Å²) in [6.07, 6.45) is 1.32. The number of nitrogens with zero attached hydrogens (tertiary/aromatic N) is 2. The summed E-state index contributed by atoms with van der Waals surface area (Å²) >= 11 is 0. The molecular weight excluding hydrogens is 126 g/mol. The average molecular weight is 143 g/mol. The van der Waals surface area contributed by atoms with Gasteiger partial charge < -0.3 is 5.32 Å². The summed E-state index contributed by atoms with van der Waals surface area (Å²) in [5.41, 5.74) is 0. The lowest BCUT2D eigenvalue weighted by Gasteiger charge is -2.25. The molecule has 0 unspecified atom stereocenters. The van der Waals surface area contributed by atoms with Gasteiger partial charge in [-0.15, -0.1) is 0 Å². The van der Waals surface area contributed by atoms with Gasteiger partial charge in [0, 0.05) is 19.6 Å². The summed E-state index contributed by atoms with van der Waals surface area (Å²) in [6.45, 7) is 6.79. The van der Waals surface area contributed by atoms with Crippen LogP contribution < -0.4 is 5.32 Å². The molecule has 0 aromatic carbocycles. The number of hydrogen-bond donors (Lipinski definition) is 1. The van der Waals surface area contributed by atoms with Gasteiger partial charge in [0.05, 0.1) is 6.67 Å². The standard InChI is InChI=1S/C7H17N3/c1-3-9-5-4-6-10(9)7-8-2/h8H,3-7H2,1-2H3. The van der Waals surface area contributed by atoms with E-state index in [0.29, 0.717) is 0 Å². The normalized spacial score (nSPS) is 22.2. The molecular formula is C7H17N3. The van der Waals surface area contributed by atoms with E-state index in [1.54, 1.807) is 0 Å². The summed E-state index contributed by atoms with van der Waals surface area (Å²) in [6, 6.07) is 0. The minimum Gasteiger partial charge on any atom is -0.306 e. The lowest BCUT2D eigenvalue weighted by atomic mass is 10.5. The Morgan fingerprint density at radius 3 is 2.60 bits per heavy atom. The summed E-state index contributed by atoms with van der Waals surface area (Å²) in [4.78, 5) is 0. The number of nitrogens with one attached hydrogen (secondary N) is 1. The van der Waals surface area contributed by atoms with Crippen molar-refractivity contribution in [2.24, 2.45) is 0 Å².